The molecule has 7 nitrogen and oxygen atoms in total. The van der Waals surface area contributed by atoms with Gasteiger partial charge < -0.3 is 19.5 Å². The van der Waals surface area contributed by atoms with E-state index in [0.717, 1.165) is 18.5 Å². The Morgan fingerprint density at radius 2 is 2.15 bits per heavy atom. The molecule has 1 fully saturated rings. The minimum Gasteiger partial charge on any atom is -0.493 e. The number of carboxylic acids is 1. The van der Waals surface area contributed by atoms with Gasteiger partial charge in [-0.1, -0.05) is 0 Å². The van der Waals surface area contributed by atoms with Crippen LogP contribution in [-0.2, 0) is 11.4 Å². The van der Waals surface area contributed by atoms with Gasteiger partial charge >= 0.3 is 5.97 Å². The third-order valence-corrected chi connectivity index (χ3v) is 4.85. The van der Waals surface area contributed by atoms with Crippen LogP contribution >= 0.6 is 11.3 Å². The van der Waals surface area contributed by atoms with E-state index in [2.05, 4.69) is 4.98 Å². The lowest BCUT2D eigenvalue weighted by Gasteiger charge is -2.26. The summed E-state index contributed by atoms with van der Waals surface area (Å²) < 4.78 is 11.1. The summed E-state index contributed by atoms with van der Waals surface area (Å²) in [6.07, 6.45) is 1.66. The van der Waals surface area contributed by atoms with Crippen molar-refractivity contribution in [3.8, 4) is 11.5 Å². The maximum Gasteiger partial charge on any atom is 0.326 e. The van der Waals surface area contributed by atoms with Gasteiger partial charge in [0, 0.05) is 17.0 Å². The second kappa shape index (κ2) is 7.74. The van der Waals surface area contributed by atoms with E-state index >= 15 is 0 Å². The van der Waals surface area contributed by atoms with E-state index in [1.165, 1.54) is 30.3 Å². The van der Waals surface area contributed by atoms with Crippen LogP contribution in [0.5, 0.6) is 11.5 Å². The highest BCUT2D eigenvalue weighted by molar-refractivity contribution is 7.07. The van der Waals surface area contributed by atoms with Gasteiger partial charge in [0.15, 0.2) is 11.5 Å². The molecule has 0 aliphatic heterocycles. The van der Waals surface area contributed by atoms with Crippen molar-refractivity contribution in [2.75, 3.05) is 7.11 Å². The predicted molar refractivity (Wildman–Crippen MR) is 95.7 cm³/mol. The lowest BCUT2D eigenvalue weighted by atomic mass is 10.1. The van der Waals surface area contributed by atoms with Gasteiger partial charge in [-0.3, -0.25) is 4.79 Å². The maximum atomic E-state index is 12.9. The number of rotatable bonds is 8. The first kappa shape index (κ1) is 18.2. The zero-order valence-electron chi connectivity index (χ0n) is 14.5. The number of thiazole rings is 1. The molecule has 1 saturated carbocycles. The molecule has 1 aliphatic carbocycles. The first-order valence-corrected chi connectivity index (χ1v) is 9.19. The Balaban J connectivity index is 1.79. The number of methoxy groups -OCH3 is 1. The highest BCUT2D eigenvalue weighted by Gasteiger charge is 2.38. The molecule has 0 saturated heterocycles. The molecule has 2 aromatic rings. The fourth-order valence-electron chi connectivity index (χ4n) is 2.66. The molecule has 0 bridgehead atoms. The van der Waals surface area contributed by atoms with Crippen LogP contribution < -0.4 is 9.47 Å². The van der Waals surface area contributed by atoms with E-state index in [1.54, 1.807) is 23.7 Å². The van der Waals surface area contributed by atoms with Gasteiger partial charge in [0.05, 0.1) is 18.3 Å². The van der Waals surface area contributed by atoms with Gasteiger partial charge in [-0.05, 0) is 38.0 Å². The summed E-state index contributed by atoms with van der Waals surface area (Å²) in [5.74, 6) is -0.404. The van der Waals surface area contributed by atoms with Gasteiger partial charge in [0.1, 0.15) is 12.6 Å². The molecule has 8 heteroatoms. The Kier molecular flexibility index (Phi) is 5.41. The molecule has 1 heterocycles. The lowest BCUT2D eigenvalue weighted by molar-refractivity contribution is -0.141. The summed E-state index contributed by atoms with van der Waals surface area (Å²) in [4.78, 5) is 29.8. The zero-order valence-corrected chi connectivity index (χ0v) is 15.4. The number of amides is 1. The van der Waals surface area contributed by atoms with Gasteiger partial charge in [-0.2, -0.15) is 0 Å². The van der Waals surface area contributed by atoms with Crippen LogP contribution in [0.1, 0.15) is 35.8 Å². The largest absolute Gasteiger partial charge is 0.493 e. The average Bonchev–Trinajstić information content (AvgIpc) is 3.33. The SMILES string of the molecule is COc1cc(C(=O)N(C2CC2)C(C)C(=O)O)ccc1OCc1cscn1. The van der Waals surface area contributed by atoms with E-state index in [4.69, 9.17) is 9.47 Å². The van der Waals surface area contributed by atoms with E-state index in [1.807, 2.05) is 5.38 Å². The Labute approximate surface area is 155 Å². The highest BCUT2D eigenvalue weighted by atomic mass is 32.1. The summed E-state index contributed by atoms with van der Waals surface area (Å²) >= 11 is 1.49. The molecule has 1 atom stereocenters. The second-order valence-corrected chi connectivity index (χ2v) is 6.81. The summed E-state index contributed by atoms with van der Waals surface area (Å²) in [6, 6.07) is 3.99. The maximum absolute atomic E-state index is 12.9. The molecule has 3 rings (SSSR count). The smallest absolute Gasteiger partial charge is 0.326 e. The summed E-state index contributed by atoms with van der Waals surface area (Å²) in [5.41, 5.74) is 2.92. The molecule has 138 valence electrons. The molecule has 1 N–H and O–H groups in total. The van der Waals surface area contributed by atoms with Crippen LogP contribution in [0.25, 0.3) is 0 Å². The first-order valence-electron chi connectivity index (χ1n) is 8.24. The van der Waals surface area contributed by atoms with Gasteiger partial charge in [0.2, 0.25) is 0 Å². The van der Waals surface area contributed by atoms with Gasteiger partial charge in [0.25, 0.3) is 5.91 Å². The van der Waals surface area contributed by atoms with Crippen molar-refractivity contribution in [1.29, 1.82) is 0 Å². The monoisotopic (exact) mass is 376 g/mol. The fourth-order valence-corrected chi connectivity index (χ4v) is 3.20. The first-order chi connectivity index (χ1) is 12.5. The van der Waals surface area contributed by atoms with Crippen molar-refractivity contribution in [2.45, 2.75) is 38.5 Å². The number of aliphatic carboxylic acids is 1. The third kappa shape index (κ3) is 3.96. The average molecular weight is 376 g/mol. The highest BCUT2D eigenvalue weighted by Crippen LogP contribution is 2.33. The van der Waals surface area contributed by atoms with Crippen molar-refractivity contribution in [3.05, 3.63) is 40.3 Å². The number of hydrogen-bond acceptors (Lipinski definition) is 6. The number of carbonyl (C=O) groups excluding carboxylic acids is 1. The number of carboxylic acid groups (broad SMARTS) is 1. The normalized spacial score (nSPS) is 14.5. The Morgan fingerprint density at radius 1 is 1.38 bits per heavy atom. The minimum atomic E-state index is -1.01. The summed E-state index contributed by atoms with van der Waals surface area (Å²) in [6.45, 7) is 1.83. The van der Waals surface area contributed by atoms with E-state index in [9.17, 15) is 14.7 Å². The minimum absolute atomic E-state index is 0.0137. The molecule has 1 aromatic heterocycles. The molecule has 0 spiro atoms. The van der Waals surface area contributed by atoms with Gasteiger partial charge in [-0.25, -0.2) is 9.78 Å². The van der Waals surface area contributed by atoms with Crippen LogP contribution in [-0.4, -0.2) is 46.1 Å². The van der Waals surface area contributed by atoms with E-state index in [0.29, 0.717) is 23.7 Å². The zero-order chi connectivity index (χ0) is 18.7. The molecule has 0 radical (unpaired) electrons. The van der Waals surface area contributed by atoms with E-state index < -0.39 is 12.0 Å². The van der Waals surface area contributed by atoms with Crippen LogP contribution in [0.3, 0.4) is 0 Å². The summed E-state index contributed by atoms with van der Waals surface area (Å²) in [5, 5.41) is 11.2. The number of aromatic nitrogens is 1. The fraction of sp³-hybridized carbons (Fsp3) is 0.389. The second-order valence-electron chi connectivity index (χ2n) is 6.09. The molecule has 1 unspecified atom stereocenters. The molecule has 1 amide bonds. The van der Waals surface area contributed by atoms with Crippen LogP contribution in [0.15, 0.2) is 29.1 Å². The predicted octanol–water partition coefficient (Wildman–Crippen LogP) is 2.81. The number of benzene rings is 1. The van der Waals surface area contributed by atoms with Crippen molar-refractivity contribution in [3.63, 3.8) is 0 Å². The van der Waals surface area contributed by atoms with Crippen molar-refractivity contribution < 1.29 is 24.2 Å². The standard InChI is InChI=1S/C18H20N2O5S/c1-11(18(22)23)20(14-4-5-14)17(21)12-3-6-15(16(7-12)24-2)25-8-13-9-26-10-19-13/h3,6-7,9-11,14H,4-5,8H2,1-2H3,(H,22,23). The number of ether oxygens (including phenoxy) is 2. The van der Waals surface area contributed by atoms with Crippen LogP contribution in [0.2, 0.25) is 0 Å². The molecule has 26 heavy (non-hydrogen) atoms. The topological polar surface area (TPSA) is 89.0 Å². The Bertz CT molecular complexity index is 789. The van der Waals surface area contributed by atoms with E-state index in [-0.39, 0.29) is 11.9 Å². The number of hydrogen-bond donors (Lipinski definition) is 1. The van der Waals surface area contributed by atoms with Crippen LogP contribution in [0.4, 0.5) is 0 Å². The third-order valence-electron chi connectivity index (χ3n) is 4.22. The van der Waals surface area contributed by atoms with Crippen molar-refractivity contribution >= 4 is 23.2 Å². The molecular formula is C18H20N2O5S. The molecule has 1 aromatic carbocycles. The number of nitrogens with zero attached hydrogens (tertiary/aromatic N) is 2. The Hall–Kier alpha value is -2.61. The molecule has 1 aliphatic rings. The van der Waals surface area contributed by atoms with Crippen molar-refractivity contribution in [2.24, 2.45) is 0 Å². The molecular weight excluding hydrogens is 356 g/mol. The van der Waals surface area contributed by atoms with Crippen LogP contribution in [0, 0.1) is 0 Å². The van der Waals surface area contributed by atoms with Crippen molar-refractivity contribution in [1.82, 2.24) is 9.88 Å². The van der Waals surface area contributed by atoms with Gasteiger partial charge in [-0.15, -0.1) is 11.3 Å². The number of carbonyl (C=O) groups is 2. The lowest BCUT2D eigenvalue weighted by Crippen LogP contribution is -2.44. The quantitative estimate of drug-likeness (QED) is 0.762. The Morgan fingerprint density at radius 3 is 2.73 bits per heavy atom. The summed E-state index contributed by atoms with van der Waals surface area (Å²) in [7, 11) is 1.50.